The molecule has 1 aromatic carbocycles. The molecule has 1 aromatic rings. The highest BCUT2D eigenvalue weighted by Gasteiger charge is 2.15. The van der Waals surface area contributed by atoms with Gasteiger partial charge in [0.1, 0.15) is 0 Å². The van der Waals surface area contributed by atoms with Gasteiger partial charge in [-0.1, -0.05) is 50.8 Å². The van der Waals surface area contributed by atoms with E-state index in [1.165, 1.54) is 0 Å². The van der Waals surface area contributed by atoms with Crippen LogP contribution in [0.1, 0.15) is 32.8 Å². The van der Waals surface area contributed by atoms with Crippen LogP contribution in [0.25, 0.3) is 0 Å². The summed E-state index contributed by atoms with van der Waals surface area (Å²) in [6.45, 7) is 10.6. The second-order valence-electron chi connectivity index (χ2n) is 5.11. The standard InChI is InChI=1S/C16H24O2/c1-12(2)16(17)10-13(3)14(4)18-11-15-8-6-5-7-9-15/h5-9,12,14,16-17H,3,10-11H2,1-2,4H3/t14-,16+/m1/s1. The lowest BCUT2D eigenvalue weighted by Crippen LogP contribution is -2.20. The molecule has 18 heavy (non-hydrogen) atoms. The Morgan fingerprint density at radius 3 is 2.39 bits per heavy atom. The lowest BCUT2D eigenvalue weighted by molar-refractivity contribution is 0.0625. The summed E-state index contributed by atoms with van der Waals surface area (Å²) in [7, 11) is 0. The molecule has 0 radical (unpaired) electrons. The average molecular weight is 248 g/mol. The zero-order chi connectivity index (χ0) is 13.5. The summed E-state index contributed by atoms with van der Waals surface area (Å²) in [5.74, 6) is 0.253. The van der Waals surface area contributed by atoms with E-state index in [1.54, 1.807) is 0 Å². The molecule has 0 amide bonds. The summed E-state index contributed by atoms with van der Waals surface area (Å²) in [6.07, 6.45) is 0.243. The fraction of sp³-hybridized carbons (Fsp3) is 0.500. The van der Waals surface area contributed by atoms with E-state index in [2.05, 4.69) is 6.58 Å². The second kappa shape index (κ2) is 7.34. The van der Waals surface area contributed by atoms with E-state index >= 15 is 0 Å². The van der Waals surface area contributed by atoms with Crippen LogP contribution in [0.3, 0.4) is 0 Å². The van der Waals surface area contributed by atoms with Gasteiger partial charge in [-0.15, -0.1) is 0 Å². The van der Waals surface area contributed by atoms with Gasteiger partial charge in [-0.05, 0) is 30.4 Å². The van der Waals surface area contributed by atoms with Crippen molar-refractivity contribution in [1.29, 1.82) is 0 Å². The van der Waals surface area contributed by atoms with E-state index in [0.29, 0.717) is 13.0 Å². The maximum Gasteiger partial charge on any atom is 0.0759 e. The monoisotopic (exact) mass is 248 g/mol. The molecule has 0 aliphatic heterocycles. The van der Waals surface area contributed by atoms with Crippen LogP contribution < -0.4 is 0 Å². The Morgan fingerprint density at radius 2 is 1.83 bits per heavy atom. The van der Waals surface area contributed by atoms with E-state index in [1.807, 2.05) is 51.1 Å². The van der Waals surface area contributed by atoms with E-state index in [4.69, 9.17) is 4.74 Å². The topological polar surface area (TPSA) is 29.5 Å². The number of aliphatic hydroxyl groups excluding tert-OH is 1. The first-order chi connectivity index (χ1) is 8.50. The second-order valence-corrected chi connectivity index (χ2v) is 5.11. The molecule has 0 saturated carbocycles. The van der Waals surface area contributed by atoms with Crippen LogP contribution in [-0.4, -0.2) is 17.3 Å². The number of benzene rings is 1. The minimum absolute atomic E-state index is 0.0291. The molecule has 0 aromatic heterocycles. The van der Waals surface area contributed by atoms with Crippen molar-refractivity contribution >= 4 is 0 Å². The Morgan fingerprint density at radius 1 is 1.22 bits per heavy atom. The van der Waals surface area contributed by atoms with Crippen LogP contribution in [0.5, 0.6) is 0 Å². The normalized spacial score (nSPS) is 14.5. The third-order valence-electron chi connectivity index (χ3n) is 3.16. The molecular formula is C16H24O2. The van der Waals surface area contributed by atoms with Crippen molar-refractivity contribution in [3.63, 3.8) is 0 Å². The van der Waals surface area contributed by atoms with E-state index < -0.39 is 0 Å². The Kier molecular flexibility index (Phi) is 6.10. The minimum atomic E-state index is -0.333. The molecule has 0 spiro atoms. The molecule has 0 bridgehead atoms. The van der Waals surface area contributed by atoms with Crippen LogP contribution in [-0.2, 0) is 11.3 Å². The van der Waals surface area contributed by atoms with Crippen molar-refractivity contribution in [2.24, 2.45) is 5.92 Å². The van der Waals surface area contributed by atoms with Gasteiger partial charge in [0.2, 0.25) is 0 Å². The number of hydrogen-bond donors (Lipinski definition) is 1. The molecular weight excluding hydrogens is 224 g/mol. The Hall–Kier alpha value is -1.12. The molecule has 0 saturated heterocycles. The lowest BCUT2D eigenvalue weighted by atomic mass is 9.98. The predicted octanol–water partition coefficient (Wildman–Crippen LogP) is 3.55. The van der Waals surface area contributed by atoms with Crippen molar-refractivity contribution in [2.45, 2.75) is 46.0 Å². The Labute approximate surface area is 110 Å². The third-order valence-corrected chi connectivity index (χ3v) is 3.16. The molecule has 0 heterocycles. The number of aliphatic hydroxyl groups is 1. The zero-order valence-electron chi connectivity index (χ0n) is 11.6. The highest BCUT2D eigenvalue weighted by atomic mass is 16.5. The third kappa shape index (κ3) is 5.03. The van der Waals surface area contributed by atoms with Crippen LogP contribution >= 0.6 is 0 Å². The summed E-state index contributed by atoms with van der Waals surface area (Å²) in [5.41, 5.74) is 2.11. The van der Waals surface area contributed by atoms with Crippen molar-refractivity contribution < 1.29 is 9.84 Å². The molecule has 0 fully saturated rings. The largest absolute Gasteiger partial charge is 0.393 e. The first kappa shape index (κ1) is 14.9. The maximum atomic E-state index is 9.81. The van der Waals surface area contributed by atoms with E-state index in [-0.39, 0.29) is 18.1 Å². The average Bonchev–Trinajstić information content (AvgIpc) is 2.36. The smallest absolute Gasteiger partial charge is 0.0759 e. The fourth-order valence-electron chi connectivity index (χ4n) is 1.58. The summed E-state index contributed by atoms with van der Waals surface area (Å²) >= 11 is 0. The molecule has 0 aliphatic carbocycles. The molecule has 0 unspecified atom stereocenters. The Bertz CT molecular complexity index is 357. The van der Waals surface area contributed by atoms with Gasteiger partial charge in [0, 0.05) is 0 Å². The first-order valence-electron chi connectivity index (χ1n) is 6.52. The number of rotatable bonds is 7. The van der Waals surface area contributed by atoms with E-state index in [9.17, 15) is 5.11 Å². The Balaban J connectivity index is 2.36. The lowest BCUT2D eigenvalue weighted by Gasteiger charge is -2.20. The van der Waals surface area contributed by atoms with Crippen LogP contribution in [0, 0.1) is 5.92 Å². The quantitative estimate of drug-likeness (QED) is 0.748. The molecule has 1 rings (SSSR count). The SMILES string of the molecule is C=C(C[C@H](O)C(C)C)[C@@H](C)OCc1ccccc1. The van der Waals surface area contributed by atoms with Gasteiger partial charge in [0.05, 0.1) is 18.8 Å². The molecule has 1 N–H and O–H groups in total. The van der Waals surface area contributed by atoms with Gasteiger partial charge in [-0.25, -0.2) is 0 Å². The number of hydrogen-bond acceptors (Lipinski definition) is 2. The molecule has 2 heteroatoms. The van der Waals surface area contributed by atoms with Gasteiger partial charge in [0.25, 0.3) is 0 Å². The first-order valence-corrected chi connectivity index (χ1v) is 6.52. The van der Waals surface area contributed by atoms with Crippen LogP contribution in [0.4, 0.5) is 0 Å². The highest BCUT2D eigenvalue weighted by molar-refractivity contribution is 5.13. The van der Waals surface area contributed by atoms with Gasteiger partial charge in [-0.3, -0.25) is 0 Å². The predicted molar refractivity (Wildman–Crippen MR) is 75.3 cm³/mol. The van der Waals surface area contributed by atoms with Gasteiger partial charge >= 0.3 is 0 Å². The summed E-state index contributed by atoms with van der Waals surface area (Å²) in [5, 5.41) is 9.81. The molecule has 2 atom stereocenters. The summed E-state index contributed by atoms with van der Waals surface area (Å²) < 4.78 is 5.76. The van der Waals surface area contributed by atoms with Crippen molar-refractivity contribution in [1.82, 2.24) is 0 Å². The molecule has 100 valence electrons. The number of ether oxygens (including phenoxy) is 1. The molecule has 2 nitrogen and oxygen atoms in total. The van der Waals surface area contributed by atoms with E-state index in [0.717, 1.165) is 11.1 Å². The van der Waals surface area contributed by atoms with Crippen LogP contribution in [0.15, 0.2) is 42.5 Å². The fourth-order valence-corrected chi connectivity index (χ4v) is 1.58. The summed E-state index contributed by atoms with van der Waals surface area (Å²) in [4.78, 5) is 0. The van der Waals surface area contributed by atoms with Crippen molar-refractivity contribution in [2.75, 3.05) is 0 Å². The maximum absolute atomic E-state index is 9.81. The van der Waals surface area contributed by atoms with Crippen molar-refractivity contribution in [3.05, 3.63) is 48.0 Å². The van der Waals surface area contributed by atoms with Crippen molar-refractivity contribution in [3.8, 4) is 0 Å². The minimum Gasteiger partial charge on any atom is -0.393 e. The van der Waals surface area contributed by atoms with Crippen LogP contribution in [0.2, 0.25) is 0 Å². The summed E-state index contributed by atoms with van der Waals surface area (Å²) in [6, 6.07) is 10.1. The molecule has 0 aliphatic rings. The highest BCUT2D eigenvalue weighted by Crippen LogP contribution is 2.17. The van der Waals surface area contributed by atoms with Gasteiger partial charge in [-0.2, -0.15) is 0 Å². The van der Waals surface area contributed by atoms with Gasteiger partial charge in [0.15, 0.2) is 0 Å². The van der Waals surface area contributed by atoms with Gasteiger partial charge < -0.3 is 9.84 Å². The zero-order valence-corrected chi connectivity index (χ0v) is 11.6.